The quantitative estimate of drug-likeness (QED) is 0.748. The molecule has 0 aliphatic heterocycles. The highest BCUT2D eigenvalue weighted by Crippen LogP contribution is 2.13. The van der Waals surface area contributed by atoms with Gasteiger partial charge in [0.15, 0.2) is 0 Å². The third-order valence-corrected chi connectivity index (χ3v) is 2.05. The Balaban J connectivity index is 2.89. The van der Waals surface area contributed by atoms with Gasteiger partial charge in [0.1, 0.15) is 0 Å². The van der Waals surface area contributed by atoms with Crippen LogP contribution < -0.4 is 10.6 Å². The number of rotatable bonds is 3. The summed E-state index contributed by atoms with van der Waals surface area (Å²) < 4.78 is 0. The van der Waals surface area contributed by atoms with Crippen LogP contribution in [0.1, 0.15) is 10.4 Å². The lowest BCUT2D eigenvalue weighted by Gasteiger charge is -2.16. The zero-order chi connectivity index (χ0) is 11.4. The highest BCUT2D eigenvalue weighted by Gasteiger charge is 2.09. The minimum atomic E-state index is -0.991. The number of carboxylic acids is 1. The Kier molecular flexibility index (Phi) is 3.41. The average Bonchev–Trinajstić information content (AvgIpc) is 2.27. The number of aromatic carboxylic acids is 1. The first-order valence-corrected chi connectivity index (χ1v) is 4.36. The minimum absolute atomic E-state index is 0.0722. The molecule has 0 atom stereocenters. The molecule has 0 aromatic heterocycles. The Morgan fingerprint density at radius 2 is 1.87 bits per heavy atom. The number of amides is 1. The maximum atomic E-state index is 11.2. The van der Waals surface area contributed by atoms with Gasteiger partial charge < -0.3 is 15.7 Å². The number of likely N-dealkylation sites (N-methyl/N-ethyl adjacent to an activating group) is 1. The van der Waals surface area contributed by atoms with E-state index in [4.69, 9.17) is 10.8 Å². The zero-order valence-corrected chi connectivity index (χ0v) is 8.30. The summed E-state index contributed by atoms with van der Waals surface area (Å²) in [5.74, 6) is -1.22. The van der Waals surface area contributed by atoms with Crippen molar-refractivity contribution in [2.24, 2.45) is 5.73 Å². The van der Waals surface area contributed by atoms with E-state index in [9.17, 15) is 9.59 Å². The molecule has 0 heterocycles. The molecule has 0 spiro atoms. The summed E-state index contributed by atoms with van der Waals surface area (Å²) in [5.41, 5.74) is 6.01. The predicted molar refractivity (Wildman–Crippen MR) is 55.9 cm³/mol. The molecule has 0 saturated carbocycles. The van der Waals surface area contributed by atoms with Crippen molar-refractivity contribution in [3.8, 4) is 0 Å². The molecule has 0 fully saturated rings. The van der Waals surface area contributed by atoms with E-state index in [0.717, 1.165) is 0 Å². The number of nitrogens with zero attached hydrogens (tertiary/aromatic N) is 1. The second kappa shape index (κ2) is 4.56. The van der Waals surface area contributed by atoms with E-state index < -0.39 is 5.97 Å². The average molecular weight is 208 g/mol. The molecular weight excluding hydrogens is 196 g/mol. The van der Waals surface area contributed by atoms with E-state index in [-0.39, 0.29) is 18.0 Å². The highest BCUT2D eigenvalue weighted by molar-refractivity contribution is 5.95. The van der Waals surface area contributed by atoms with Gasteiger partial charge >= 0.3 is 5.97 Å². The Bertz CT molecular complexity index is 373. The summed E-state index contributed by atoms with van der Waals surface area (Å²) in [7, 11) is 1.59. The second-order valence-electron chi connectivity index (χ2n) is 3.01. The van der Waals surface area contributed by atoms with E-state index in [1.165, 1.54) is 17.0 Å². The fourth-order valence-corrected chi connectivity index (χ4v) is 1.11. The Labute approximate surface area is 87.1 Å². The summed E-state index contributed by atoms with van der Waals surface area (Å²) in [6.45, 7) is -0.0722. The summed E-state index contributed by atoms with van der Waals surface area (Å²) in [4.78, 5) is 23.2. The topological polar surface area (TPSA) is 83.6 Å². The molecule has 15 heavy (non-hydrogen) atoms. The number of carbonyl (C=O) groups is 2. The molecule has 5 heteroatoms. The molecule has 1 rings (SSSR count). The van der Waals surface area contributed by atoms with Crippen LogP contribution in [0, 0.1) is 0 Å². The van der Waals surface area contributed by atoms with Crippen LogP contribution in [-0.4, -0.2) is 30.6 Å². The fourth-order valence-electron chi connectivity index (χ4n) is 1.11. The number of benzene rings is 1. The maximum absolute atomic E-state index is 11.2. The van der Waals surface area contributed by atoms with Gasteiger partial charge in [-0.25, -0.2) is 4.79 Å². The van der Waals surface area contributed by atoms with Crippen molar-refractivity contribution in [2.75, 3.05) is 18.5 Å². The molecule has 0 aliphatic carbocycles. The van der Waals surface area contributed by atoms with Crippen molar-refractivity contribution >= 4 is 17.6 Å². The third kappa shape index (κ3) is 2.54. The number of carbonyl (C=O) groups excluding carboxylic acids is 1. The van der Waals surface area contributed by atoms with Crippen LogP contribution in [0.4, 0.5) is 5.69 Å². The maximum Gasteiger partial charge on any atom is 0.335 e. The van der Waals surface area contributed by atoms with E-state index in [1.807, 2.05) is 0 Å². The van der Waals surface area contributed by atoms with E-state index in [2.05, 4.69) is 0 Å². The smallest absolute Gasteiger partial charge is 0.335 e. The number of carboxylic acid groups (broad SMARTS) is 1. The Morgan fingerprint density at radius 1 is 1.33 bits per heavy atom. The van der Waals surface area contributed by atoms with E-state index in [0.29, 0.717) is 5.69 Å². The van der Waals surface area contributed by atoms with E-state index in [1.54, 1.807) is 19.2 Å². The number of anilines is 1. The molecule has 1 aromatic carbocycles. The summed E-state index contributed by atoms with van der Waals surface area (Å²) in [6, 6.07) is 6.02. The van der Waals surface area contributed by atoms with Crippen LogP contribution in [0.5, 0.6) is 0 Å². The standard InChI is InChI=1S/C10H12N2O3/c1-12(9(13)6-11)8-4-2-7(3-5-8)10(14)15/h2-5H,6,11H2,1H3,(H,14,15). The van der Waals surface area contributed by atoms with Gasteiger partial charge in [0.2, 0.25) is 5.91 Å². The lowest BCUT2D eigenvalue weighted by Crippen LogP contribution is -2.32. The normalized spacial score (nSPS) is 9.73. The molecule has 0 aliphatic rings. The number of nitrogens with two attached hydrogens (primary N) is 1. The minimum Gasteiger partial charge on any atom is -0.478 e. The van der Waals surface area contributed by atoms with E-state index >= 15 is 0 Å². The first-order chi connectivity index (χ1) is 7.06. The largest absolute Gasteiger partial charge is 0.478 e. The molecule has 5 nitrogen and oxygen atoms in total. The van der Waals surface area contributed by atoms with Crippen LogP contribution in [-0.2, 0) is 4.79 Å². The number of hydrogen-bond acceptors (Lipinski definition) is 3. The van der Waals surface area contributed by atoms with Crippen LogP contribution in [0.3, 0.4) is 0 Å². The van der Waals surface area contributed by atoms with Gasteiger partial charge in [-0.1, -0.05) is 0 Å². The summed E-state index contributed by atoms with van der Waals surface area (Å²) in [5, 5.41) is 8.67. The summed E-state index contributed by atoms with van der Waals surface area (Å²) in [6.07, 6.45) is 0. The van der Waals surface area contributed by atoms with Crippen LogP contribution in [0.2, 0.25) is 0 Å². The molecule has 0 bridgehead atoms. The van der Waals surface area contributed by atoms with Crippen molar-refractivity contribution in [3.63, 3.8) is 0 Å². The van der Waals surface area contributed by atoms with Gasteiger partial charge in [0.25, 0.3) is 0 Å². The van der Waals surface area contributed by atoms with Crippen molar-refractivity contribution in [3.05, 3.63) is 29.8 Å². The highest BCUT2D eigenvalue weighted by atomic mass is 16.4. The van der Waals surface area contributed by atoms with Crippen LogP contribution >= 0.6 is 0 Å². The molecule has 3 N–H and O–H groups in total. The summed E-state index contributed by atoms with van der Waals surface area (Å²) >= 11 is 0. The second-order valence-corrected chi connectivity index (χ2v) is 3.01. The van der Waals surface area contributed by atoms with Gasteiger partial charge in [-0.2, -0.15) is 0 Å². The molecule has 0 radical (unpaired) electrons. The lowest BCUT2D eigenvalue weighted by atomic mass is 10.2. The first-order valence-electron chi connectivity index (χ1n) is 4.36. The molecule has 1 amide bonds. The van der Waals surface area contributed by atoms with Gasteiger partial charge in [0, 0.05) is 12.7 Å². The van der Waals surface area contributed by atoms with Crippen LogP contribution in [0.25, 0.3) is 0 Å². The van der Waals surface area contributed by atoms with Gasteiger partial charge in [-0.3, -0.25) is 4.79 Å². The Hall–Kier alpha value is -1.88. The lowest BCUT2D eigenvalue weighted by molar-refractivity contribution is -0.117. The van der Waals surface area contributed by atoms with Crippen molar-refractivity contribution in [1.82, 2.24) is 0 Å². The molecule has 0 unspecified atom stereocenters. The van der Waals surface area contributed by atoms with Crippen molar-refractivity contribution in [1.29, 1.82) is 0 Å². The van der Waals surface area contributed by atoms with Crippen molar-refractivity contribution in [2.45, 2.75) is 0 Å². The molecule has 1 aromatic rings. The monoisotopic (exact) mass is 208 g/mol. The van der Waals surface area contributed by atoms with Gasteiger partial charge in [-0.05, 0) is 24.3 Å². The molecule has 0 saturated heterocycles. The number of hydrogen-bond donors (Lipinski definition) is 2. The molecular formula is C10H12N2O3. The van der Waals surface area contributed by atoms with Crippen molar-refractivity contribution < 1.29 is 14.7 Å². The SMILES string of the molecule is CN(C(=O)CN)c1ccc(C(=O)O)cc1. The fraction of sp³-hybridized carbons (Fsp3) is 0.200. The Morgan fingerprint density at radius 3 is 2.27 bits per heavy atom. The van der Waals surface area contributed by atoms with Crippen LogP contribution in [0.15, 0.2) is 24.3 Å². The molecule has 80 valence electrons. The van der Waals surface area contributed by atoms with Gasteiger partial charge in [-0.15, -0.1) is 0 Å². The first kappa shape index (κ1) is 11.2. The predicted octanol–water partition coefficient (Wildman–Crippen LogP) is 0.306. The van der Waals surface area contributed by atoms with Gasteiger partial charge in [0.05, 0.1) is 12.1 Å². The zero-order valence-electron chi connectivity index (χ0n) is 8.30. The third-order valence-electron chi connectivity index (χ3n) is 2.05.